The summed E-state index contributed by atoms with van der Waals surface area (Å²) in [6, 6.07) is 12.3. The van der Waals surface area contributed by atoms with Crippen molar-refractivity contribution in [2.24, 2.45) is 0 Å². The molecule has 3 aromatic rings. The Bertz CT molecular complexity index is 1210. The minimum absolute atomic E-state index is 0.257. The number of aromatic nitrogens is 1. The van der Waals surface area contributed by atoms with E-state index in [1.165, 1.54) is 17.6 Å². The van der Waals surface area contributed by atoms with Gasteiger partial charge in [0, 0.05) is 19.3 Å². The molecule has 0 aliphatic carbocycles. The van der Waals surface area contributed by atoms with Gasteiger partial charge in [0.25, 0.3) is 0 Å². The average molecular weight is 430 g/mol. The molecule has 4 rings (SSSR count). The van der Waals surface area contributed by atoms with E-state index in [1.807, 2.05) is 24.3 Å². The van der Waals surface area contributed by atoms with Gasteiger partial charge in [-0.05, 0) is 48.2 Å². The quantitative estimate of drug-likeness (QED) is 0.646. The molecule has 1 N–H and O–H groups in total. The highest BCUT2D eigenvalue weighted by molar-refractivity contribution is 7.90. The summed E-state index contributed by atoms with van der Waals surface area (Å²) in [6.07, 6.45) is 3.02. The van der Waals surface area contributed by atoms with E-state index in [9.17, 15) is 18.0 Å². The first-order valence-electron chi connectivity index (χ1n) is 9.12. The number of likely N-dealkylation sites (tertiary alicyclic amines) is 1. The van der Waals surface area contributed by atoms with Gasteiger partial charge in [-0.3, -0.25) is 14.9 Å². The highest BCUT2D eigenvalue weighted by Crippen LogP contribution is 2.31. The van der Waals surface area contributed by atoms with Crippen molar-refractivity contribution in [3.05, 3.63) is 42.5 Å². The fraction of sp³-hybridized carbons (Fsp3) is 0.250. The molecule has 1 aliphatic rings. The van der Waals surface area contributed by atoms with E-state index in [0.29, 0.717) is 23.7 Å². The monoisotopic (exact) mass is 429 g/mol. The molecule has 0 radical (unpaired) electrons. The predicted molar refractivity (Wildman–Crippen MR) is 113 cm³/mol. The Morgan fingerprint density at radius 1 is 1.07 bits per heavy atom. The largest absolute Gasteiger partial charge is 0.334 e. The number of carbonyl (C=O) groups excluding carboxylic acids is 2. The first-order chi connectivity index (χ1) is 13.8. The molecule has 2 heterocycles. The van der Waals surface area contributed by atoms with Crippen LogP contribution in [-0.2, 0) is 19.4 Å². The van der Waals surface area contributed by atoms with Gasteiger partial charge in [0.15, 0.2) is 15.0 Å². The SMILES string of the molecule is CS(=O)(=O)c1cccc(-c2ccc3nc(NC(=O)C(=O)N4CCCC4)sc3c2)c1. The first kappa shape index (κ1) is 19.5. The van der Waals surface area contributed by atoms with Crippen LogP contribution in [0.15, 0.2) is 47.4 Å². The third-order valence-electron chi connectivity index (χ3n) is 4.79. The fourth-order valence-electron chi connectivity index (χ4n) is 3.28. The lowest BCUT2D eigenvalue weighted by Crippen LogP contribution is -2.37. The number of rotatable bonds is 3. The molecular formula is C20H19N3O4S2. The van der Waals surface area contributed by atoms with Gasteiger partial charge in [0.1, 0.15) is 0 Å². The molecule has 2 amide bonds. The summed E-state index contributed by atoms with van der Waals surface area (Å²) in [5, 5.41) is 2.95. The maximum atomic E-state index is 12.2. The van der Waals surface area contributed by atoms with Crippen LogP contribution in [0.2, 0.25) is 0 Å². The molecule has 2 aromatic carbocycles. The normalized spacial score (nSPS) is 14.3. The van der Waals surface area contributed by atoms with Crippen LogP contribution in [0, 0.1) is 0 Å². The molecule has 29 heavy (non-hydrogen) atoms. The zero-order valence-electron chi connectivity index (χ0n) is 15.7. The van der Waals surface area contributed by atoms with Gasteiger partial charge in [0.2, 0.25) is 0 Å². The molecule has 7 nitrogen and oxygen atoms in total. The number of nitrogens with zero attached hydrogens (tertiary/aromatic N) is 2. The van der Waals surface area contributed by atoms with Crippen molar-refractivity contribution in [3.8, 4) is 11.1 Å². The van der Waals surface area contributed by atoms with E-state index in [0.717, 1.165) is 28.7 Å². The standard InChI is InChI=1S/C20H19N3O4S2/c1-29(26,27)15-6-4-5-13(11-15)14-7-8-16-17(12-14)28-20(21-16)22-18(24)19(25)23-9-2-3-10-23/h4-8,11-12H,2-3,9-10H2,1H3,(H,21,22,24). The van der Waals surface area contributed by atoms with E-state index in [-0.39, 0.29) is 4.90 Å². The zero-order valence-corrected chi connectivity index (χ0v) is 17.3. The van der Waals surface area contributed by atoms with E-state index in [1.54, 1.807) is 23.1 Å². The first-order valence-corrected chi connectivity index (χ1v) is 11.8. The van der Waals surface area contributed by atoms with Crippen molar-refractivity contribution >= 4 is 48.3 Å². The third-order valence-corrected chi connectivity index (χ3v) is 6.84. The fourth-order valence-corrected chi connectivity index (χ4v) is 4.85. The second-order valence-electron chi connectivity index (χ2n) is 6.95. The number of nitrogens with one attached hydrogen (secondary N) is 1. The zero-order chi connectivity index (χ0) is 20.6. The van der Waals surface area contributed by atoms with Crippen LogP contribution in [0.4, 0.5) is 5.13 Å². The van der Waals surface area contributed by atoms with E-state index in [4.69, 9.17) is 0 Å². The number of benzene rings is 2. The summed E-state index contributed by atoms with van der Waals surface area (Å²) in [5.41, 5.74) is 2.32. The summed E-state index contributed by atoms with van der Waals surface area (Å²) in [5.74, 6) is -1.20. The second kappa shape index (κ2) is 7.57. The summed E-state index contributed by atoms with van der Waals surface area (Å²) in [7, 11) is -3.29. The highest BCUT2D eigenvalue weighted by Gasteiger charge is 2.25. The molecule has 0 atom stereocenters. The average Bonchev–Trinajstić information content (AvgIpc) is 3.35. The predicted octanol–water partition coefficient (Wildman–Crippen LogP) is 2.93. The molecule has 1 fully saturated rings. The summed E-state index contributed by atoms with van der Waals surface area (Å²) >= 11 is 1.27. The van der Waals surface area contributed by atoms with Crippen molar-refractivity contribution in [2.75, 3.05) is 24.7 Å². The molecule has 0 unspecified atom stereocenters. The lowest BCUT2D eigenvalue weighted by molar-refractivity contribution is -0.142. The Labute approximate surface area is 172 Å². The van der Waals surface area contributed by atoms with Gasteiger partial charge in [-0.25, -0.2) is 13.4 Å². The molecule has 0 saturated carbocycles. The van der Waals surface area contributed by atoms with Crippen LogP contribution in [0.25, 0.3) is 21.3 Å². The van der Waals surface area contributed by atoms with Gasteiger partial charge in [0.05, 0.1) is 15.1 Å². The van der Waals surface area contributed by atoms with Gasteiger partial charge in [-0.2, -0.15) is 0 Å². The van der Waals surface area contributed by atoms with Crippen LogP contribution < -0.4 is 5.32 Å². The van der Waals surface area contributed by atoms with Crippen molar-refractivity contribution < 1.29 is 18.0 Å². The van der Waals surface area contributed by atoms with Gasteiger partial charge in [-0.1, -0.05) is 29.5 Å². The lowest BCUT2D eigenvalue weighted by atomic mass is 10.1. The van der Waals surface area contributed by atoms with Crippen molar-refractivity contribution in [1.29, 1.82) is 0 Å². The minimum Gasteiger partial charge on any atom is -0.334 e. The second-order valence-corrected chi connectivity index (χ2v) is 10.0. The number of anilines is 1. The van der Waals surface area contributed by atoms with Gasteiger partial charge >= 0.3 is 11.8 Å². The number of thiazole rings is 1. The summed E-state index contributed by atoms with van der Waals surface area (Å²) in [4.78, 5) is 30.5. The summed E-state index contributed by atoms with van der Waals surface area (Å²) in [6.45, 7) is 1.23. The topological polar surface area (TPSA) is 96.4 Å². The van der Waals surface area contributed by atoms with Crippen LogP contribution in [0.3, 0.4) is 0 Å². The molecule has 9 heteroatoms. The molecule has 0 spiro atoms. The molecular weight excluding hydrogens is 410 g/mol. The number of fused-ring (bicyclic) bond motifs is 1. The number of amides is 2. The number of sulfone groups is 1. The van der Waals surface area contributed by atoms with Crippen molar-refractivity contribution in [2.45, 2.75) is 17.7 Å². The summed E-state index contributed by atoms with van der Waals surface area (Å²) < 4.78 is 24.4. The van der Waals surface area contributed by atoms with Crippen LogP contribution in [-0.4, -0.2) is 49.5 Å². The van der Waals surface area contributed by atoms with Crippen molar-refractivity contribution in [1.82, 2.24) is 9.88 Å². The Morgan fingerprint density at radius 2 is 1.79 bits per heavy atom. The Balaban J connectivity index is 1.58. The van der Waals surface area contributed by atoms with E-state index >= 15 is 0 Å². The molecule has 0 bridgehead atoms. The Kier molecular flexibility index (Phi) is 5.10. The molecule has 1 aromatic heterocycles. The van der Waals surface area contributed by atoms with Crippen LogP contribution in [0.1, 0.15) is 12.8 Å². The smallest absolute Gasteiger partial charge is 0.315 e. The number of carbonyl (C=O) groups is 2. The maximum Gasteiger partial charge on any atom is 0.315 e. The van der Waals surface area contributed by atoms with E-state index < -0.39 is 21.7 Å². The minimum atomic E-state index is -3.29. The molecule has 1 aliphatic heterocycles. The highest BCUT2D eigenvalue weighted by atomic mass is 32.2. The third kappa shape index (κ3) is 4.15. The van der Waals surface area contributed by atoms with E-state index in [2.05, 4.69) is 10.3 Å². The van der Waals surface area contributed by atoms with Crippen LogP contribution in [0.5, 0.6) is 0 Å². The molecule has 150 valence electrons. The lowest BCUT2D eigenvalue weighted by Gasteiger charge is -2.13. The van der Waals surface area contributed by atoms with Crippen molar-refractivity contribution in [3.63, 3.8) is 0 Å². The Morgan fingerprint density at radius 3 is 2.52 bits per heavy atom. The number of hydrogen-bond donors (Lipinski definition) is 1. The van der Waals surface area contributed by atoms with Gasteiger partial charge < -0.3 is 4.90 Å². The maximum absolute atomic E-state index is 12.2. The number of hydrogen-bond acceptors (Lipinski definition) is 6. The Hall–Kier alpha value is -2.78. The molecule has 1 saturated heterocycles. The van der Waals surface area contributed by atoms with Gasteiger partial charge in [-0.15, -0.1) is 0 Å². The van der Waals surface area contributed by atoms with Crippen LogP contribution >= 0.6 is 11.3 Å².